The maximum absolute atomic E-state index is 5.67. The van der Waals surface area contributed by atoms with E-state index in [1.54, 1.807) is 0 Å². The molecular formula is C13H28N2O. The predicted molar refractivity (Wildman–Crippen MR) is 68.8 cm³/mol. The van der Waals surface area contributed by atoms with E-state index in [1.165, 1.54) is 25.9 Å². The summed E-state index contributed by atoms with van der Waals surface area (Å²) in [5.74, 6) is 0.855. The Morgan fingerprint density at radius 2 is 1.94 bits per heavy atom. The Labute approximate surface area is 101 Å². The van der Waals surface area contributed by atoms with Gasteiger partial charge in [0.05, 0.1) is 5.60 Å². The Balaban J connectivity index is 2.11. The van der Waals surface area contributed by atoms with Gasteiger partial charge in [-0.3, -0.25) is 0 Å². The lowest BCUT2D eigenvalue weighted by atomic mass is 9.97. The smallest absolute Gasteiger partial charge is 0.0750 e. The molecule has 0 radical (unpaired) electrons. The lowest BCUT2D eigenvalue weighted by Gasteiger charge is -2.31. The van der Waals surface area contributed by atoms with Gasteiger partial charge in [0.2, 0.25) is 0 Å². The molecule has 1 heterocycles. The van der Waals surface area contributed by atoms with Crippen LogP contribution in [0, 0.1) is 5.92 Å². The van der Waals surface area contributed by atoms with E-state index in [-0.39, 0.29) is 5.60 Å². The maximum Gasteiger partial charge on any atom is 0.0750 e. The Bertz CT molecular complexity index is 186. The standard InChI is InChI=1S/C13H28N2O/c1-5-16-13(2,3)11-14-10-12-6-8-15(4)9-7-12/h12,14H,5-11H2,1-4H3. The van der Waals surface area contributed by atoms with Gasteiger partial charge in [0.25, 0.3) is 0 Å². The maximum atomic E-state index is 5.67. The van der Waals surface area contributed by atoms with Gasteiger partial charge in [0, 0.05) is 13.2 Å². The summed E-state index contributed by atoms with van der Waals surface area (Å²) < 4.78 is 5.67. The first-order chi connectivity index (χ1) is 7.53. The van der Waals surface area contributed by atoms with Crippen LogP contribution < -0.4 is 5.32 Å². The molecule has 0 atom stereocenters. The first-order valence-corrected chi connectivity index (χ1v) is 6.56. The molecule has 3 nitrogen and oxygen atoms in total. The molecule has 0 aromatic carbocycles. The average Bonchev–Trinajstić information content (AvgIpc) is 2.20. The van der Waals surface area contributed by atoms with Gasteiger partial charge in [-0.2, -0.15) is 0 Å². The van der Waals surface area contributed by atoms with Crippen LogP contribution in [0.2, 0.25) is 0 Å². The summed E-state index contributed by atoms with van der Waals surface area (Å²) in [6.45, 7) is 11.7. The summed E-state index contributed by atoms with van der Waals surface area (Å²) >= 11 is 0. The number of hydrogen-bond acceptors (Lipinski definition) is 3. The van der Waals surface area contributed by atoms with Crippen molar-refractivity contribution in [3.05, 3.63) is 0 Å². The minimum atomic E-state index is -0.0276. The SMILES string of the molecule is CCOC(C)(C)CNCC1CCN(C)CC1. The molecule has 1 rings (SSSR count). The van der Waals surface area contributed by atoms with Crippen molar-refractivity contribution in [3.63, 3.8) is 0 Å². The molecular weight excluding hydrogens is 200 g/mol. The van der Waals surface area contributed by atoms with Gasteiger partial charge in [-0.1, -0.05) is 0 Å². The third kappa shape index (κ3) is 5.28. The minimum Gasteiger partial charge on any atom is -0.375 e. The van der Waals surface area contributed by atoms with Crippen molar-refractivity contribution in [1.82, 2.24) is 10.2 Å². The molecule has 1 saturated heterocycles. The van der Waals surface area contributed by atoms with E-state index in [4.69, 9.17) is 4.74 Å². The Hall–Kier alpha value is -0.120. The monoisotopic (exact) mass is 228 g/mol. The summed E-state index contributed by atoms with van der Waals surface area (Å²) in [6.07, 6.45) is 2.66. The van der Waals surface area contributed by atoms with E-state index >= 15 is 0 Å². The van der Waals surface area contributed by atoms with Crippen LogP contribution in [0.25, 0.3) is 0 Å². The summed E-state index contributed by atoms with van der Waals surface area (Å²) in [7, 11) is 2.21. The highest BCUT2D eigenvalue weighted by atomic mass is 16.5. The molecule has 16 heavy (non-hydrogen) atoms. The third-order valence-corrected chi connectivity index (χ3v) is 3.36. The second-order valence-electron chi connectivity index (χ2n) is 5.57. The fourth-order valence-electron chi connectivity index (χ4n) is 2.29. The van der Waals surface area contributed by atoms with Gasteiger partial charge >= 0.3 is 0 Å². The van der Waals surface area contributed by atoms with E-state index in [9.17, 15) is 0 Å². The van der Waals surface area contributed by atoms with E-state index in [1.807, 2.05) is 0 Å². The molecule has 96 valence electrons. The van der Waals surface area contributed by atoms with Crippen LogP contribution in [-0.4, -0.2) is 50.3 Å². The van der Waals surface area contributed by atoms with Crippen LogP contribution in [-0.2, 0) is 4.74 Å². The molecule has 1 N–H and O–H groups in total. The van der Waals surface area contributed by atoms with E-state index < -0.39 is 0 Å². The molecule has 0 aliphatic carbocycles. The van der Waals surface area contributed by atoms with Crippen LogP contribution in [0.1, 0.15) is 33.6 Å². The first-order valence-electron chi connectivity index (χ1n) is 6.56. The van der Waals surface area contributed by atoms with Crippen molar-refractivity contribution < 1.29 is 4.74 Å². The molecule has 0 saturated carbocycles. The highest BCUT2D eigenvalue weighted by molar-refractivity contribution is 4.76. The quantitative estimate of drug-likeness (QED) is 0.749. The molecule has 0 bridgehead atoms. The van der Waals surface area contributed by atoms with Gasteiger partial charge in [-0.05, 0) is 66.2 Å². The molecule has 3 heteroatoms. The number of likely N-dealkylation sites (tertiary alicyclic amines) is 1. The van der Waals surface area contributed by atoms with Crippen molar-refractivity contribution in [2.45, 2.75) is 39.2 Å². The van der Waals surface area contributed by atoms with Crippen molar-refractivity contribution in [1.29, 1.82) is 0 Å². The van der Waals surface area contributed by atoms with Gasteiger partial charge < -0.3 is 15.0 Å². The van der Waals surface area contributed by atoms with E-state index in [0.29, 0.717) is 0 Å². The van der Waals surface area contributed by atoms with Gasteiger partial charge in [-0.15, -0.1) is 0 Å². The number of nitrogens with one attached hydrogen (secondary N) is 1. The molecule has 0 spiro atoms. The van der Waals surface area contributed by atoms with Gasteiger partial charge in [0.15, 0.2) is 0 Å². The van der Waals surface area contributed by atoms with Crippen LogP contribution in [0.15, 0.2) is 0 Å². The summed E-state index contributed by atoms with van der Waals surface area (Å²) in [6, 6.07) is 0. The highest BCUT2D eigenvalue weighted by Gasteiger charge is 2.19. The molecule has 1 fully saturated rings. The lowest BCUT2D eigenvalue weighted by molar-refractivity contribution is -0.00958. The van der Waals surface area contributed by atoms with Crippen molar-refractivity contribution in [2.24, 2.45) is 5.92 Å². The first kappa shape index (κ1) is 13.9. The van der Waals surface area contributed by atoms with Crippen LogP contribution >= 0.6 is 0 Å². The largest absolute Gasteiger partial charge is 0.375 e. The fraction of sp³-hybridized carbons (Fsp3) is 1.00. The molecule has 0 amide bonds. The molecule has 1 aliphatic rings. The Kier molecular flexibility index (Phi) is 5.73. The summed E-state index contributed by atoms with van der Waals surface area (Å²) in [5.41, 5.74) is -0.0276. The van der Waals surface area contributed by atoms with E-state index in [2.05, 4.69) is 38.0 Å². The van der Waals surface area contributed by atoms with Crippen LogP contribution in [0.3, 0.4) is 0 Å². The third-order valence-electron chi connectivity index (χ3n) is 3.36. The van der Waals surface area contributed by atoms with Crippen molar-refractivity contribution in [2.75, 3.05) is 39.8 Å². The zero-order chi connectivity index (χ0) is 12.0. The number of ether oxygens (including phenoxy) is 1. The van der Waals surface area contributed by atoms with Gasteiger partial charge in [-0.25, -0.2) is 0 Å². The molecule has 1 aliphatic heterocycles. The molecule has 0 aromatic rings. The van der Waals surface area contributed by atoms with Crippen molar-refractivity contribution in [3.8, 4) is 0 Å². The zero-order valence-corrected chi connectivity index (χ0v) is 11.4. The number of rotatable bonds is 6. The highest BCUT2D eigenvalue weighted by Crippen LogP contribution is 2.15. The minimum absolute atomic E-state index is 0.0276. The van der Waals surface area contributed by atoms with Gasteiger partial charge in [0.1, 0.15) is 0 Å². The number of hydrogen-bond donors (Lipinski definition) is 1. The van der Waals surface area contributed by atoms with Crippen molar-refractivity contribution >= 4 is 0 Å². The Morgan fingerprint density at radius 3 is 2.50 bits per heavy atom. The average molecular weight is 228 g/mol. The second kappa shape index (κ2) is 6.58. The number of nitrogens with zero attached hydrogens (tertiary/aromatic N) is 1. The summed E-state index contributed by atoms with van der Waals surface area (Å²) in [4.78, 5) is 2.42. The predicted octanol–water partition coefficient (Wildman–Crippen LogP) is 1.73. The normalized spacial score (nSPS) is 20.2. The topological polar surface area (TPSA) is 24.5 Å². The second-order valence-corrected chi connectivity index (χ2v) is 5.57. The zero-order valence-electron chi connectivity index (χ0n) is 11.4. The Morgan fingerprint density at radius 1 is 1.31 bits per heavy atom. The van der Waals surface area contributed by atoms with E-state index in [0.717, 1.165) is 25.6 Å². The van der Waals surface area contributed by atoms with Crippen LogP contribution in [0.5, 0.6) is 0 Å². The summed E-state index contributed by atoms with van der Waals surface area (Å²) in [5, 5.41) is 3.55. The molecule has 0 aromatic heterocycles. The lowest BCUT2D eigenvalue weighted by Crippen LogP contribution is -2.41. The number of piperidine rings is 1. The fourth-order valence-corrected chi connectivity index (χ4v) is 2.29. The molecule has 0 unspecified atom stereocenters. The van der Waals surface area contributed by atoms with Crippen LogP contribution in [0.4, 0.5) is 0 Å².